The average Bonchev–Trinajstić information content (AvgIpc) is 3.41. The molecule has 3 aromatic rings. The second kappa shape index (κ2) is 13.0. The molecule has 1 aliphatic heterocycles. The highest BCUT2D eigenvalue weighted by Crippen LogP contribution is 2.37. The topological polar surface area (TPSA) is 78.5 Å². The van der Waals surface area contributed by atoms with Crippen LogP contribution in [-0.2, 0) is 22.0 Å². The molecule has 0 atom stereocenters. The Hall–Kier alpha value is -2.44. The predicted molar refractivity (Wildman–Crippen MR) is 153 cm³/mol. The van der Waals surface area contributed by atoms with Crippen LogP contribution < -0.4 is 10.0 Å². The first kappa shape index (κ1) is 30.5. The van der Waals surface area contributed by atoms with Crippen LogP contribution in [-0.4, -0.2) is 45.4 Å². The first-order chi connectivity index (χ1) is 18.9. The molecule has 1 aliphatic rings. The lowest BCUT2D eigenvalue weighted by Gasteiger charge is -2.15. The van der Waals surface area contributed by atoms with Crippen LogP contribution in [0.1, 0.15) is 34.3 Å². The molecular weight excluding hydrogens is 606 g/mol. The normalized spacial score (nSPS) is 14.3. The van der Waals surface area contributed by atoms with Crippen LogP contribution in [0.3, 0.4) is 0 Å². The summed E-state index contributed by atoms with van der Waals surface area (Å²) in [6.07, 6.45) is -2.42. The van der Waals surface area contributed by atoms with E-state index in [1.165, 1.54) is 30.7 Å². The van der Waals surface area contributed by atoms with Crippen LogP contribution in [0.5, 0.6) is 0 Å². The quantitative estimate of drug-likeness (QED) is 0.237. The molecule has 0 aromatic heterocycles. The van der Waals surface area contributed by atoms with E-state index in [0.717, 1.165) is 37.3 Å². The lowest BCUT2D eigenvalue weighted by molar-refractivity contribution is -0.137. The number of halogens is 5. The molecule has 1 heterocycles. The van der Waals surface area contributed by atoms with Crippen molar-refractivity contribution in [3.8, 4) is 0 Å². The third kappa shape index (κ3) is 8.07. The maximum absolute atomic E-state index is 13.3. The summed E-state index contributed by atoms with van der Waals surface area (Å²) in [5, 5.41) is 2.58. The summed E-state index contributed by atoms with van der Waals surface area (Å²) < 4.78 is 68.1. The SMILES string of the molecule is O=C(NCCN1CCCC1)c1ccc(CSc2ccc(Cl)cc2NS(=O)(=O)c2ccc(Cl)c(C(F)(F)F)c2)cc1. The summed E-state index contributed by atoms with van der Waals surface area (Å²) in [6.45, 7) is 3.55. The molecule has 1 amide bonds. The number of amides is 1. The number of sulfonamides is 1. The minimum atomic E-state index is -4.82. The number of likely N-dealkylation sites (tertiary alicyclic amines) is 1. The van der Waals surface area contributed by atoms with E-state index in [1.54, 1.807) is 24.3 Å². The number of carbonyl (C=O) groups excluding carboxylic acids is 1. The van der Waals surface area contributed by atoms with Crippen molar-refractivity contribution in [1.29, 1.82) is 0 Å². The molecule has 1 fully saturated rings. The van der Waals surface area contributed by atoms with Gasteiger partial charge in [-0.25, -0.2) is 8.42 Å². The Kier molecular flexibility index (Phi) is 9.94. The minimum absolute atomic E-state index is 0.120. The van der Waals surface area contributed by atoms with Gasteiger partial charge in [0.1, 0.15) is 0 Å². The number of nitrogens with one attached hydrogen (secondary N) is 2. The molecule has 3 aromatic carbocycles. The fraction of sp³-hybridized carbons (Fsp3) is 0.296. The fourth-order valence-electron chi connectivity index (χ4n) is 4.15. The Balaban J connectivity index is 1.41. The van der Waals surface area contributed by atoms with Crippen molar-refractivity contribution >= 4 is 56.6 Å². The molecule has 1 saturated heterocycles. The Morgan fingerprint density at radius 3 is 2.35 bits per heavy atom. The summed E-state index contributed by atoms with van der Waals surface area (Å²) >= 11 is 13.0. The van der Waals surface area contributed by atoms with Crippen LogP contribution in [0.15, 0.2) is 70.5 Å². The van der Waals surface area contributed by atoms with Crippen LogP contribution >= 0.6 is 35.0 Å². The van der Waals surface area contributed by atoms with Crippen molar-refractivity contribution in [2.75, 3.05) is 30.9 Å². The molecule has 0 radical (unpaired) electrons. The number of alkyl halides is 3. The molecular formula is C27H26Cl2F3N3O3S2. The summed E-state index contributed by atoms with van der Waals surface area (Å²) in [7, 11) is -4.39. The first-order valence-corrected chi connectivity index (χ1v) is 15.6. The van der Waals surface area contributed by atoms with Crippen molar-refractivity contribution in [2.45, 2.75) is 34.6 Å². The molecule has 4 rings (SSSR count). The van der Waals surface area contributed by atoms with Gasteiger partial charge in [-0.1, -0.05) is 35.3 Å². The third-order valence-corrected chi connectivity index (χ3v) is 9.33. The summed E-state index contributed by atoms with van der Waals surface area (Å²) in [4.78, 5) is 14.7. The Morgan fingerprint density at radius 2 is 1.68 bits per heavy atom. The highest BCUT2D eigenvalue weighted by molar-refractivity contribution is 7.98. The molecule has 0 aliphatic carbocycles. The lowest BCUT2D eigenvalue weighted by atomic mass is 10.1. The second-order valence-corrected chi connectivity index (χ2v) is 12.7. The largest absolute Gasteiger partial charge is 0.417 e. The Morgan fingerprint density at radius 1 is 0.975 bits per heavy atom. The molecule has 40 heavy (non-hydrogen) atoms. The summed E-state index contributed by atoms with van der Waals surface area (Å²) in [6, 6.07) is 14.1. The smallest absolute Gasteiger partial charge is 0.351 e. The van der Waals surface area contributed by atoms with Gasteiger partial charge in [0.25, 0.3) is 15.9 Å². The van der Waals surface area contributed by atoms with Gasteiger partial charge >= 0.3 is 6.18 Å². The number of benzene rings is 3. The van der Waals surface area contributed by atoms with Crippen LogP contribution in [0, 0.1) is 0 Å². The van der Waals surface area contributed by atoms with Crippen molar-refractivity contribution in [3.63, 3.8) is 0 Å². The van der Waals surface area contributed by atoms with Crippen molar-refractivity contribution in [3.05, 3.63) is 87.4 Å². The predicted octanol–water partition coefficient (Wildman–Crippen LogP) is 6.93. The maximum atomic E-state index is 13.3. The van der Waals surface area contributed by atoms with Crippen LogP contribution in [0.4, 0.5) is 18.9 Å². The van der Waals surface area contributed by atoms with Crippen LogP contribution in [0.2, 0.25) is 10.0 Å². The Bertz CT molecular complexity index is 1460. The average molecular weight is 633 g/mol. The van der Waals surface area contributed by atoms with Crippen molar-refractivity contribution < 1.29 is 26.4 Å². The van der Waals surface area contributed by atoms with E-state index in [9.17, 15) is 26.4 Å². The van der Waals surface area contributed by atoms with E-state index >= 15 is 0 Å². The zero-order valence-electron chi connectivity index (χ0n) is 21.1. The van der Waals surface area contributed by atoms with Gasteiger partial charge in [0.05, 0.1) is 21.2 Å². The number of hydrogen-bond donors (Lipinski definition) is 2. The van der Waals surface area contributed by atoms with E-state index < -0.39 is 31.7 Å². The van der Waals surface area contributed by atoms with Crippen molar-refractivity contribution in [1.82, 2.24) is 10.2 Å². The van der Waals surface area contributed by atoms with E-state index in [2.05, 4.69) is 14.9 Å². The van der Waals surface area contributed by atoms with Crippen molar-refractivity contribution in [2.24, 2.45) is 0 Å². The zero-order valence-corrected chi connectivity index (χ0v) is 24.2. The van der Waals surface area contributed by atoms with E-state index in [4.69, 9.17) is 23.2 Å². The molecule has 0 bridgehead atoms. The number of thioether (sulfide) groups is 1. The molecule has 0 unspecified atom stereocenters. The molecule has 0 saturated carbocycles. The fourth-order valence-corrected chi connectivity index (χ4v) is 6.65. The third-order valence-electron chi connectivity index (χ3n) is 6.26. The molecule has 13 heteroatoms. The molecule has 6 nitrogen and oxygen atoms in total. The highest BCUT2D eigenvalue weighted by Gasteiger charge is 2.34. The van der Waals surface area contributed by atoms with Gasteiger partial charge in [-0.2, -0.15) is 13.2 Å². The van der Waals surface area contributed by atoms with Gasteiger partial charge in [-0.15, -0.1) is 11.8 Å². The zero-order chi connectivity index (χ0) is 28.9. The van der Waals surface area contributed by atoms with Gasteiger partial charge in [-0.05, 0) is 80.0 Å². The van der Waals surface area contributed by atoms with Gasteiger partial charge in [0, 0.05) is 34.3 Å². The number of anilines is 1. The maximum Gasteiger partial charge on any atom is 0.417 e. The molecule has 2 N–H and O–H groups in total. The lowest BCUT2D eigenvalue weighted by Crippen LogP contribution is -2.33. The van der Waals surface area contributed by atoms with Crippen LogP contribution in [0.25, 0.3) is 0 Å². The van der Waals surface area contributed by atoms with Gasteiger partial charge in [-0.3, -0.25) is 9.52 Å². The van der Waals surface area contributed by atoms with Gasteiger partial charge < -0.3 is 10.2 Å². The van der Waals surface area contributed by atoms with Gasteiger partial charge in [0.15, 0.2) is 0 Å². The highest BCUT2D eigenvalue weighted by atomic mass is 35.5. The van der Waals surface area contributed by atoms with E-state index in [1.807, 2.05) is 12.1 Å². The first-order valence-electron chi connectivity index (χ1n) is 12.3. The summed E-state index contributed by atoms with van der Waals surface area (Å²) in [5.74, 6) is 0.288. The molecule has 0 spiro atoms. The number of rotatable bonds is 10. The molecule has 214 valence electrons. The minimum Gasteiger partial charge on any atom is -0.351 e. The van der Waals surface area contributed by atoms with E-state index in [-0.39, 0.29) is 16.6 Å². The second-order valence-electron chi connectivity index (χ2n) is 9.18. The number of carbonyl (C=O) groups is 1. The number of nitrogens with zero attached hydrogens (tertiary/aromatic N) is 1. The summed E-state index contributed by atoms with van der Waals surface area (Å²) in [5.41, 5.74) is 0.294. The monoisotopic (exact) mass is 631 g/mol. The Labute approximate surface area is 245 Å². The van der Waals surface area contributed by atoms with E-state index in [0.29, 0.717) is 28.8 Å². The standard InChI is InChI=1S/C27H26Cl2F3N3O3S2/c28-20-7-10-25(24(15-20)34-40(37,38)21-8-9-23(29)22(16-21)27(30,31)32)39-17-18-3-5-19(6-4-18)26(36)33-11-14-35-12-1-2-13-35/h3-10,15-16,34H,1-2,11-14,17H2,(H,33,36). The van der Waals surface area contributed by atoms with Gasteiger partial charge in [0.2, 0.25) is 0 Å². The number of hydrogen-bond acceptors (Lipinski definition) is 5.